The second-order valence-corrected chi connectivity index (χ2v) is 5.21. The number of aromatic nitrogens is 1. The van der Waals surface area contributed by atoms with E-state index in [1.807, 2.05) is 6.92 Å². The molecule has 4 heteroatoms. The summed E-state index contributed by atoms with van der Waals surface area (Å²) in [7, 11) is 0. The third-order valence-corrected chi connectivity index (χ3v) is 3.41. The molecule has 16 heavy (non-hydrogen) atoms. The van der Waals surface area contributed by atoms with Crippen LogP contribution in [0.15, 0.2) is 24.3 Å². The Morgan fingerprint density at radius 1 is 1.31 bits per heavy atom. The zero-order chi connectivity index (χ0) is 11.5. The minimum atomic E-state index is 0.623. The van der Waals surface area contributed by atoms with E-state index >= 15 is 0 Å². The lowest BCUT2D eigenvalue weighted by Gasteiger charge is -2.01. The fourth-order valence-electron chi connectivity index (χ4n) is 1.62. The third-order valence-electron chi connectivity index (χ3n) is 2.42. The quantitative estimate of drug-likeness (QED) is 0.850. The monoisotopic (exact) mass is 252 g/mol. The van der Waals surface area contributed by atoms with Gasteiger partial charge in [0.1, 0.15) is 0 Å². The van der Waals surface area contributed by atoms with Crippen molar-refractivity contribution < 1.29 is 0 Å². The largest absolute Gasteiger partial charge is 0.375 e. The fourth-order valence-corrected chi connectivity index (χ4v) is 2.55. The summed E-state index contributed by atoms with van der Waals surface area (Å²) in [6.07, 6.45) is 0.903. The Hall–Kier alpha value is -1.06. The average Bonchev–Trinajstić information content (AvgIpc) is 2.59. The molecule has 0 aliphatic rings. The van der Waals surface area contributed by atoms with Gasteiger partial charge in [-0.15, -0.1) is 22.9 Å². The second kappa shape index (κ2) is 4.85. The van der Waals surface area contributed by atoms with E-state index in [4.69, 9.17) is 17.3 Å². The zero-order valence-electron chi connectivity index (χ0n) is 9.03. The van der Waals surface area contributed by atoms with E-state index in [1.54, 1.807) is 0 Å². The van der Waals surface area contributed by atoms with E-state index in [0.717, 1.165) is 22.6 Å². The van der Waals surface area contributed by atoms with Gasteiger partial charge in [0.25, 0.3) is 0 Å². The summed E-state index contributed by atoms with van der Waals surface area (Å²) >= 11 is 7.22. The first-order valence-electron chi connectivity index (χ1n) is 5.09. The molecule has 0 bridgehead atoms. The SMILES string of the molecule is Cc1sc(N)nc1-c1ccc(CCCl)cc1. The van der Waals surface area contributed by atoms with Gasteiger partial charge in [-0.2, -0.15) is 0 Å². The summed E-state index contributed by atoms with van der Waals surface area (Å²) in [5.74, 6) is 0.655. The molecule has 0 saturated carbocycles. The van der Waals surface area contributed by atoms with Gasteiger partial charge in [-0.05, 0) is 18.9 Å². The van der Waals surface area contributed by atoms with E-state index in [9.17, 15) is 0 Å². The van der Waals surface area contributed by atoms with Gasteiger partial charge in [0.05, 0.1) is 5.69 Å². The number of nitrogens with zero attached hydrogens (tertiary/aromatic N) is 1. The van der Waals surface area contributed by atoms with Gasteiger partial charge in [-0.1, -0.05) is 24.3 Å². The Morgan fingerprint density at radius 3 is 2.50 bits per heavy atom. The second-order valence-electron chi connectivity index (χ2n) is 3.59. The van der Waals surface area contributed by atoms with Gasteiger partial charge in [-0.3, -0.25) is 0 Å². The first kappa shape index (κ1) is 11.4. The highest BCUT2D eigenvalue weighted by molar-refractivity contribution is 7.15. The van der Waals surface area contributed by atoms with Crippen LogP contribution in [-0.4, -0.2) is 10.9 Å². The van der Waals surface area contributed by atoms with Gasteiger partial charge in [0.2, 0.25) is 0 Å². The number of alkyl halides is 1. The molecule has 0 unspecified atom stereocenters. The van der Waals surface area contributed by atoms with E-state index in [0.29, 0.717) is 11.0 Å². The predicted octanol–water partition coefficient (Wildman–Crippen LogP) is 3.48. The van der Waals surface area contributed by atoms with Crippen LogP contribution >= 0.6 is 22.9 Å². The van der Waals surface area contributed by atoms with Crippen LogP contribution in [0.25, 0.3) is 11.3 Å². The van der Waals surface area contributed by atoms with Crippen molar-refractivity contribution in [3.8, 4) is 11.3 Å². The number of nitrogens with two attached hydrogens (primary N) is 1. The Kier molecular flexibility index (Phi) is 3.46. The summed E-state index contributed by atoms with van der Waals surface area (Å²) in [5, 5.41) is 0.623. The molecule has 2 N–H and O–H groups in total. The van der Waals surface area contributed by atoms with Gasteiger partial charge < -0.3 is 5.73 Å². The highest BCUT2D eigenvalue weighted by Gasteiger charge is 2.07. The topological polar surface area (TPSA) is 38.9 Å². The zero-order valence-corrected chi connectivity index (χ0v) is 10.6. The van der Waals surface area contributed by atoms with Crippen molar-refractivity contribution >= 4 is 28.1 Å². The molecular weight excluding hydrogens is 240 g/mol. The standard InChI is InChI=1S/C12H13ClN2S/c1-8-11(15-12(14)16-8)10-4-2-9(3-5-10)6-7-13/h2-5H,6-7H2,1H3,(H2,14,15). The molecule has 1 heterocycles. The first-order valence-corrected chi connectivity index (χ1v) is 6.44. The maximum absolute atomic E-state index is 5.69. The number of hydrogen-bond donors (Lipinski definition) is 1. The lowest BCUT2D eigenvalue weighted by molar-refractivity contribution is 1.15. The Morgan fingerprint density at radius 2 is 2.00 bits per heavy atom. The molecule has 0 aliphatic carbocycles. The molecule has 0 spiro atoms. The summed E-state index contributed by atoms with van der Waals surface area (Å²) in [6, 6.07) is 8.33. The number of anilines is 1. The lowest BCUT2D eigenvalue weighted by atomic mass is 10.1. The van der Waals surface area contributed by atoms with Crippen molar-refractivity contribution in [1.29, 1.82) is 0 Å². The van der Waals surface area contributed by atoms with Crippen LogP contribution in [0.1, 0.15) is 10.4 Å². The van der Waals surface area contributed by atoms with E-state index in [2.05, 4.69) is 29.2 Å². The summed E-state index contributed by atoms with van der Waals surface area (Å²) in [5.41, 5.74) is 9.03. The summed E-state index contributed by atoms with van der Waals surface area (Å²) in [4.78, 5) is 5.48. The van der Waals surface area contributed by atoms with Crippen LogP contribution in [0, 0.1) is 6.92 Å². The van der Waals surface area contributed by atoms with Crippen molar-refractivity contribution in [3.63, 3.8) is 0 Å². The van der Waals surface area contributed by atoms with Gasteiger partial charge in [0.15, 0.2) is 5.13 Å². The van der Waals surface area contributed by atoms with Crippen LogP contribution < -0.4 is 5.73 Å². The van der Waals surface area contributed by atoms with Crippen molar-refractivity contribution in [2.45, 2.75) is 13.3 Å². The number of rotatable bonds is 3. The van der Waals surface area contributed by atoms with Gasteiger partial charge in [-0.25, -0.2) is 4.98 Å². The number of hydrogen-bond acceptors (Lipinski definition) is 3. The van der Waals surface area contributed by atoms with Crippen molar-refractivity contribution in [2.75, 3.05) is 11.6 Å². The van der Waals surface area contributed by atoms with E-state index in [1.165, 1.54) is 16.9 Å². The Labute approximate surface area is 104 Å². The van der Waals surface area contributed by atoms with Crippen molar-refractivity contribution in [1.82, 2.24) is 4.98 Å². The number of benzene rings is 1. The maximum Gasteiger partial charge on any atom is 0.180 e. The highest BCUT2D eigenvalue weighted by atomic mass is 35.5. The highest BCUT2D eigenvalue weighted by Crippen LogP contribution is 2.28. The van der Waals surface area contributed by atoms with Crippen LogP contribution in [0.4, 0.5) is 5.13 Å². The summed E-state index contributed by atoms with van der Waals surface area (Å²) < 4.78 is 0. The molecule has 1 aromatic carbocycles. The molecule has 84 valence electrons. The number of thiazole rings is 1. The fraction of sp³-hybridized carbons (Fsp3) is 0.250. The normalized spacial score (nSPS) is 10.6. The predicted molar refractivity (Wildman–Crippen MR) is 71.1 cm³/mol. The number of halogens is 1. The number of nitrogen functional groups attached to an aromatic ring is 1. The molecule has 0 aliphatic heterocycles. The third kappa shape index (κ3) is 2.36. The molecule has 2 nitrogen and oxygen atoms in total. The minimum Gasteiger partial charge on any atom is -0.375 e. The summed E-state index contributed by atoms with van der Waals surface area (Å²) in [6.45, 7) is 2.04. The number of aryl methyl sites for hydroxylation is 2. The minimum absolute atomic E-state index is 0.623. The molecule has 2 aromatic rings. The van der Waals surface area contributed by atoms with Crippen LogP contribution in [0.5, 0.6) is 0 Å². The molecule has 0 fully saturated rings. The van der Waals surface area contributed by atoms with Crippen LogP contribution in [-0.2, 0) is 6.42 Å². The molecule has 1 aromatic heterocycles. The maximum atomic E-state index is 5.69. The molecule has 0 radical (unpaired) electrons. The smallest absolute Gasteiger partial charge is 0.180 e. The van der Waals surface area contributed by atoms with E-state index in [-0.39, 0.29) is 0 Å². The lowest BCUT2D eigenvalue weighted by Crippen LogP contribution is -1.87. The van der Waals surface area contributed by atoms with Crippen molar-refractivity contribution in [3.05, 3.63) is 34.7 Å². The van der Waals surface area contributed by atoms with Gasteiger partial charge in [0, 0.05) is 16.3 Å². The van der Waals surface area contributed by atoms with Gasteiger partial charge >= 0.3 is 0 Å². The molecule has 0 saturated heterocycles. The van der Waals surface area contributed by atoms with Crippen LogP contribution in [0.2, 0.25) is 0 Å². The first-order chi connectivity index (χ1) is 7.70. The van der Waals surface area contributed by atoms with Crippen LogP contribution in [0.3, 0.4) is 0 Å². The Bertz CT molecular complexity index is 476. The molecule has 2 rings (SSSR count). The van der Waals surface area contributed by atoms with Crippen molar-refractivity contribution in [2.24, 2.45) is 0 Å². The molecule has 0 atom stereocenters. The molecular formula is C12H13ClN2S. The average molecular weight is 253 g/mol. The molecule has 0 amide bonds. The Balaban J connectivity index is 2.31. The van der Waals surface area contributed by atoms with E-state index < -0.39 is 0 Å².